The molecule has 0 aromatic heterocycles. The second kappa shape index (κ2) is 9.06. The molecule has 0 aliphatic rings. The maximum atomic E-state index is 9.44. The predicted molar refractivity (Wildman–Crippen MR) is 58.7 cm³/mol. The molecule has 0 amide bonds. The number of ketones is 1. The van der Waals surface area contributed by atoms with Crippen molar-refractivity contribution in [3.63, 3.8) is 0 Å². The Labute approximate surface area is 93.4 Å². The van der Waals surface area contributed by atoms with E-state index in [2.05, 4.69) is 0 Å². The highest BCUT2D eigenvalue weighted by Crippen LogP contribution is 2.25. The van der Waals surface area contributed by atoms with Crippen LogP contribution in [0.2, 0.25) is 0 Å². The van der Waals surface area contributed by atoms with Gasteiger partial charge >= 0.3 is 7.82 Å². The van der Waals surface area contributed by atoms with E-state index in [1.54, 1.807) is 24.3 Å². The minimum atomic E-state index is -4.64. The molecule has 1 aromatic rings. The zero-order chi connectivity index (χ0) is 13.2. The maximum Gasteiger partial charge on any atom is 0.466 e. The van der Waals surface area contributed by atoms with Gasteiger partial charge in [0.25, 0.3) is 0 Å². The SMILES string of the molecule is CC(C)=O.O=P(O)(O)O.Oc1ccccc1. The van der Waals surface area contributed by atoms with Crippen LogP contribution in [0.4, 0.5) is 0 Å². The van der Waals surface area contributed by atoms with Crippen LogP contribution < -0.4 is 0 Å². The van der Waals surface area contributed by atoms with Gasteiger partial charge in [0.1, 0.15) is 11.5 Å². The molecule has 0 fully saturated rings. The lowest BCUT2D eigenvalue weighted by molar-refractivity contribution is -0.115. The van der Waals surface area contributed by atoms with Crippen LogP contribution in [0, 0.1) is 0 Å². The van der Waals surface area contributed by atoms with Crippen LogP contribution in [0.1, 0.15) is 13.8 Å². The van der Waals surface area contributed by atoms with E-state index in [1.807, 2.05) is 6.07 Å². The number of hydrogen-bond acceptors (Lipinski definition) is 3. The van der Waals surface area contributed by atoms with Crippen molar-refractivity contribution in [2.75, 3.05) is 0 Å². The number of benzene rings is 1. The van der Waals surface area contributed by atoms with E-state index in [0.29, 0.717) is 5.75 Å². The summed E-state index contributed by atoms with van der Waals surface area (Å²) in [6.07, 6.45) is 0. The van der Waals surface area contributed by atoms with E-state index in [-0.39, 0.29) is 5.78 Å². The molecule has 0 bridgehead atoms. The van der Waals surface area contributed by atoms with Gasteiger partial charge in [0.05, 0.1) is 0 Å². The summed E-state index contributed by atoms with van der Waals surface area (Å²) < 4.78 is 8.88. The van der Waals surface area contributed by atoms with Gasteiger partial charge in [-0.25, -0.2) is 4.57 Å². The topological polar surface area (TPSA) is 115 Å². The number of phenols is 1. The highest BCUT2D eigenvalue weighted by Gasteiger charge is 2.00. The molecule has 0 spiro atoms. The van der Waals surface area contributed by atoms with Gasteiger partial charge in [-0.05, 0) is 26.0 Å². The van der Waals surface area contributed by atoms with Crippen molar-refractivity contribution >= 4 is 13.6 Å². The molecule has 0 saturated carbocycles. The number of hydrogen-bond donors (Lipinski definition) is 4. The molecule has 0 atom stereocenters. The van der Waals surface area contributed by atoms with Crippen molar-refractivity contribution in [2.24, 2.45) is 0 Å². The Kier molecular flexibility index (Phi) is 9.74. The third-order valence-electron chi connectivity index (χ3n) is 0.756. The number of phenolic OH excluding ortho intramolecular Hbond substituents is 1. The molecule has 1 rings (SSSR count). The molecule has 0 aliphatic carbocycles. The molecule has 6 nitrogen and oxygen atoms in total. The van der Waals surface area contributed by atoms with E-state index in [4.69, 9.17) is 24.4 Å². The van der Waals surface area contributed by atoms with Crippen LogP contribution in [0.15, 0.2) is 30.3 Å². The van der Waals surface area contributed by atoms with Gasteiger partial charge in [0, 0.05) is 0 Å². The Bertz CT molecular complexity index is 319. The van der Waals surface area contributed by atoms with E-state index in [9.17, 15) is 4.79 Å². The number of carbonyl (C=O) groups excluding carboxylic acids is 1. The highest BCUT2D eigenvalue weighted by molar-refractivity contribution is 7.45. The highest BCUT2D eigenvalue weighted by atomic mass is 31.2. The van der Waals surface area contributed by atoms with Gasteiger partial charge in [-0.3, -0.25) is 0 Å². The number of phosphoric acid groups is 1. The summed E-state index contributed by atoms with van der Waals surface area (Å²) in [7, 11) is -4.64. The third kappa shape index (κ3) is 38.5. The van der Waals surface area contributed by atoms with Crippen LogP contribution >= 0.6 is 7.82 Å². The number of carbonyl (C=O) groups is 1. The molecular formula is C9H15O6P. The number of aromatic hydroxyl groups is 1. The van der Waals surface area contributed by atoms with E-state index in [1.165, 1.54) is 13.8 Å². The molecule has 0 heterocycles. The van der Waals surface area contributed by atoms with Crippen LogP contribution in [-0.4, -0.2) is 25.6 Å². The quantitative estimate of drug-likeness (QED) is 0.512. The van der Waals surface area contributed by atoms with Gasteiger partial charge in [-0.2, -0.15) is 0 Å². The van der Waals surface area contributed by atoms with Crippen molar-refractivity contribution in [3.8, 4) is 5.75 Å². The lowest BCUT2D eigenvalue weighted by Gasteiger charge is -1.82. The van der Waals surface area contributed by atoms with Crippen molar-refractivity contribution in [2.45, 2.75) is 13.8 Å². The number of Topliss-reactive ketones (excluding diaryl/α,β-unsaturated/α-hetero) is 1. The molecule has 0 aliphatic heterocycles. The average molecular weight is 250 g/mol. The fourth-order valence-electron chi connectivity index (χ4n) is 0.428. The minimum absolute atomic E-state index is 0.167. The molecule has 7 heteroatoms. The van der Waals surface area contributed by atoms with E-state index >= 15 is 0 Å². The van der Waals surface area contributed by atoms with Crippen molar-refractivity contribution in [1.29, 1.82) is 0 Å². The van der Waals surface area contributed by atoms with Crippen molar-refractivity contribution in [1.82, 2.24) is 0 Å². The predicted octanol–water partition coefficient (Wildman–Crippen LogP) is 1.06. The Balaban J connectivity index is 0. The van der Waals surface area contributed by atoms with Crippen LogP contribution in [0.3, 0.4) is 0 Å². The maximum absolute atomic E-state index is 9.44. The fourth-order valence-corrected chi connectivity index (χ4v) is 0.428. The summed E-state index contributed by atoms with van der Waals surface area (Å²) in [6, 6.07) is 8.71. The zero-order valence-corrected chi connectivity index (χ0v) is 9.83. The molecule has 0 radical (unpaired) electrons. The lowest BCUT2D eigenvalue weighted by atomic mass is 10.3. The van der Waals surface area contributed by atoms with Gasteiger partial charge in [-0.15, -0.1) is 0 Å². The summed E-state index contributed by atoms with van der Waals surface area (Å²) in [5, 5.41) is 8.63. The number of para-hydroxylation sites is 1. The molecule has 4 N–H and O–H groups in total. The standard InChI is InChI=1S/C6H6O.C3H6O.H3O4P/c7-6-4-2-1-3-5-6;1-3(2)4;1-5(2,3)4/h1-5,7H;1-2H3;(H3,1,2,3,4). The Morgan fingerprint density at radius 3 is 1.44 bits per heavy atom. The van der Waals surface area contributed by atoms with Gasteiger partial charge < -0.3 is 24.6 Å². The molecule has 0 saturated heterocycles. The molecule has 92 valence electrons. The molecule has 16 heavy (non-hydrogen) atoms. The largest absolute Gasteiger partial charge is 0.508 e. The minimum Gasteiger partial charge on any atom is -0.508 e. The van der Waals surface area contributed by atoms with Crippen LogP contribution in [0.5, 0.6) is 5.75 Å². The van der Waals surface area contributed by atoms with Crippen molar-refractivity contribution in [3.05, 3.63) is 30.3 Å². The zero-order valence-electron chi connectivity index (χ0n) is 8.94. The summed E-state index contributed by atoms with van der Waals surface area (Å²) in [6.45, 7) is 3.06. The van der Waals surface area contributed by atoms with Gasteiger partial charge in [0.15, 0.2) is 0 Å². The average Bonchev–Trinajstić information content (AvgIpc) is 2.00. The normalized spacial score (nSPS) is 9.06. The first-order valence-corrected chi connectivity index (χ1v) is 5.69. The molecule has 1 aromatic carbocycles. The third-order valence-corrected chi connectivity index (χ3v) is 0.756. The first-order chi connectivity index (χ1) is 7.13. The monoisotopic (exact) mass is 250 g/mol. The van der Waals surface area contributed by atoms with E-state index in [0.717, 1.165) is 0 Å². The van der Waals surface area contributed by atoms with Gasteiger partial charge in [-0.1, -0.05) is 18.2 Å². The Hall–Kier alpha value is -1.20. The first kappa shape index (κ1) is 17.2. The fraction of sp³-hybridized carbons (Fsp3) is 0.222. The Morgan fingerprint density at radius 2 is 1.31 bits per heavy atom. The van der Waals surface area contributed by atoms with Crippen molar-refractivity contribution < 1.29 is 29.1 Å². The summed E-state index contributed by atoms with van der Waals surface area (Å²) in [5.41, 5.74) is 0. The second-order valence-electron chi connectivity index (χ2n) is 2.76. The summed E-state index contributed by atoms with van der Waals surface area (Å²) in [5.74, 6) is 0.488. The summed E-state index contributed by atoms with van der Waals surface area (Å²) >= 11 is 0. The molecule has 0 unspecified atom stereocenters. The second-order valence-corrected chi connectivity index (χ2v) is 3.78. The van der Waals surface area contributed by atoms with Crippen LogP contribution in [-0.2, 0) is 9.36 Å². The summed E-state index contributed by atoms with van der Waals surface area (Å²) in [4.78, 5) is 31.0. The first-order valence-electron chi connectivity index (χ1n) is 4.12. The number of rotatable bonds is 0. The lowest BCUT2D eigenvalue weighted by Crippen LogP contribution is -1.69. The van der Waals surface area contributed by atoms with Crippen LogP contribution in [0.25, 0.3) is 0 Å². The smallest absolute Gasteiger partial charge is 0.466 e. The molecular weight excluding hydrogens is 235 g/mol. The van der Waals surface area contributed by atoms with Gasteiger partial charge in [0.2, 0.25) is 0 Å². The Morgan fingerprint density at radius 1 is 1.06 bits per heavy atom. The van der Waals surface area contributed by atoms with E-state index < -0.39 is 7.82 Å².